The van der Waals surface area contributed by atoms with Gasteiger partial charge < -0.3 is 18.1 Å². The van der Waals surface area contributed by atoms with Crippen molar-refractivity contribution in [2.45, 2.75) is 38.9 Å². The van der Waals surface area contributed by atoms with Crippen LogP contribution in [0.25, 0.3) is 55.3 Å². The second-order valence-electron chi connectivity index (χ2n) is 10.2. The average molecular weight is 461 g/mol. The lowest BCUT2D eigenvalue weighted by Crippen LogP contribution is -2.41. The Kier molecular flexibility index (Phi) is 4.13. The van der Waals surface area contributed by atoms with E-state index in [1.165, 1.54) is 0 Å². The molecule has 1 fully saturated rings. The Bertz CT molecular complexity index is 1750. The highest BCUT2D eigenvalue weighted by atomic mass is 16.7. The molecule has 0 aliphatic carbocycles. The number of benzene rings is 4. The van der Waals surface area contributed by atoms with Crippen molar-refractivity contribution in [2.75, 3.05) is 0 Å². The lowest BCUT2D eigenvalue weighted by Gasteiger charge is -2.32. The van der Waals surface area contributed by atoms with Gasteiger partial charge in [-0.1, -0.05) is 42.5 Å². The number of oxazole rings is 1. The lowest BCUT2D eigenvalue weighted by atomic mass is 9.75. The van der Waals surface area contributed by atoms with E-state index in [1.54, 1.807) is 0 Å². The van der Waals surface area contributed by atoms with Crippen molar-refractivity contribution in [1.29, 1.82) is 0 Å². The van der Waals surface area contributed by atoms with Gasteiger partial charge in [-0.2, -0.15) is 0 Å². The van der Waals surface area contributed by atoms with Gasteiger partial charge >= 0.3 is 7.12 Å². The van der Waals surface area contributed by atoms with Crippen LogP contribution in [0.1, 0.15) is 27.7 Å². The molecule has 6 aromatic rings. The molecular formula is C29H24BNO4. The maximum Gasteiger partial charge on any atom is 0.495 e. The van der Waals surface area contributed by atoms with Crippen LogP contribution in [0, 0.1) is 0 Å². The lowest BCUT2D eigenvalue weighted by molar-refractivity contribution is 0.00578. The molecule has 1 aliphatic heterocycles. The van der Waals surface area contributed by atoms with Crippen LogP contribution in [0.2, 0.25) is 0 Å². The molecule has 0 amide bonds. The summed E-state index contributed by atoms with van der Waals surface area (Å²) in [5.41, 5.74) is 4.10. The third kappa shape index (κ3) is 2.93. The highest BCUT2D eigenvalue weighted by Crippen LogP contribution is 2.41. The summed E-state index contributed by atoms with van der Waals surface area (Å²) in [7, 11) is -0.528. The van der Waals surface area contributed by atoms with E-state index >= 15 is 0 Å². The number of para-hydroxylation sites is 1. The van der Waals surface area contributed by atoms with E-state index in [9.17, 15) is 0 Å². The van der Waals surface area contributed by atoms with Crippen LogP contribution in [0.15, 0.2) is 81.6 Å². The van der Waals surface area contributed by atoms with Crippen molar-refractivity contribution < 1.29 is 18.1 Å². The van der Waals surface area contributed by atoms with Gasteiger partial charge in [0.25, 0.3) is 0 Å². The molecule has 0 spiro atoms. The van der Waals surface area contributed by atoms with Gasteiger partial charge in [0.15, 0.2) is 5.58 Å². The molecule has 7 rings (SSSR count). The van der Waals surface area contributed by atoms with Crippen LogP contribution >= 0.6 is 0 Å². The molecule has 3 heterocycles. The van der Waals surface area contributed by atoms with Gasteiger partial charge in [-0.25, -0.2) is 4.98 Å². The first-order valence-electron chi connectivity index (χ1n) is 11.9. The van der Waals surface area contributed by atoms with Gasteiger partial charge in [-0.15, -0.1) is 0 Å². The van der Waals surface area contributed by atoms with Gasteiger partial charge in [0.2, 0.25) is 5.89 Å². The normalized spacial score (nSPS) is 17.3. The van der Waals surface area contributed by atoms with Crippen LogP contribution in [-0.4, -0.2) is 23.3 Å². The van der Waals surface area contributed by atoms with Crippen LogP contribution < -0.4 is 5.46 Å². The van der Waals surface area contributed by atoms with E-state index in [0.717, 1.165) is 54.8 Å². The zero-order valence-corrected chi connectivity index (χ0v) is 20.1. The molecule has 5 nitrogen and oxygen atoms in total. The fourth-order valence-corrected chi connectivity index (χ4v) is 5.00. The largest absolute Gasteiger partial charge is 0.495 e. The van der Waals surface area contributed by atoms with Crippen molar-refractivity contribution in [3.05, 3.63) is 72.8 Å². The van der Waals surface area contributed by atoms with Crippen molar-refractivity contribution in [2.24, 2.45) is 0 Å². The molecule has 0 saturated carbocycles. The predicted octanol–water partition coefficient (Wildman–Crippen LogP) is 6.85. The van der Waals surface area contributed by atoms with Gasteiger partial charge in [-0.3, -0.25) is 0 Å². The maximum atomic E-state index is 6.48. The zero-order valence-electron chi connectivity index (χ0n) is 20.1. The van der Waals surface area contributed by atoms with Crippen molar-refractivity contribution in [3.8, 4) is 11.5 Å². The molecular weight excluding hydrogens is 437 g/mol. The van der Waals surface area contributed by atoms with E-state index in [2.05, 4.69) is 39.8 Å². The number of hydrogen-bond acceptors (Lipinski definition) is 5. The second-order valence-corrected chi connectivity index (χ2v) is 10.2. The standard InChI is InChI=1S/C29H24BNO4/c1-28(2)29(3,4)35-30(34-28)20-16-21-26(33-27(31-21)17-10-6-5-7-11-17)25-18(20)14-15-23-24(25)19-12-8-9-13-22(19)32-23/h5-16H,1-4H3. The molecule has 1 saturated heterocycles. The minimum absolute atomic E-state index is 0.454. The third-order valence-electron chi connectivity index (χ3n) is 7.56. The first-order valence-corrected chi connectivity index (χ1v) is 11.9. The number of nitrogens with zero attached hydrogens (tertiary/aromatic N) is 1. The van der Waals surface area contributed by atoms with Crippen LogP contribution in [0.4, 0.5) is 0 Å². The minimum atomic E-state index is -0.528. The van der Waals surface area contributed by atoms with E-state index in [0.29, 0.717) is 5.89 Å². The third-order valence-corrected chi connectivity index (χ3v) is 7.56. The Morgan fingerprint density at radius 1 is 0.686 bits per heavy atom. The van der Waals surface area contributed by atoms with Crippen molar-refractivity contribution in [3.63, 3.8) is 0 Å². The summed E-state index contributed by atoms with van der Waals surface area (Å²) in [4.78, 5) is 4.90. The summed E-state index contributed by atoms with van der Waals surface area (Å²) in [6, 6.07) is 24.2. The molecule has 0 bridgehead atoms. The van der Waals surface area contributed by atoms with Crippen LogP contribution in [0.3, 0.4) is 0 Å². The molecule has 2 aromatic heterocycles. The summed E-state index contributed by atoms with van der Waals surface area (Å²) in [6.45, 7) is 8.27. The van der Waals surface area contributed by atoms with Gasteiger partial charge in [0.05, 0.1) is 11.2 Å². The number of rotatable bonds is 2. The van der Waals surface area contributed by atoms with Gasteiger partial charge in [0, 0.05) is 21.7 Å². The molecule has 0 radical (unpaired) electrons. The fraction of sp³-hybridized carbons (Fsp3) is 0.207. The number of furan rings is 1. The summed E-state index contributed by atoms with van der Waals surface area (Å²) in [5.74, 6) is 0.581. The molecule has 35 heavy (non-hydrogen) atoms. The summed E-state index contributed by atoms with van der Waals surface area (Å²) in [6.07, 6.45) is 0. The molecule has 0 N–H and O–H groups in total. The van der Waals surface area contributed by atoms with E-state index in [1.807, 2.05) is 60.7 Å². The Hall–Kier alpha value is -3.61. The van der Waals surface area contributed by atoms with Gasteiger partial charge in [-0.05, 0) is 68.9 Å². The molecule has 0 atom stereocenters. The number of hydrogen-bond donors (Lipinski definition) is 0. The molecule has 1 aliphatic rings. The Balaban J connectivity index is 1.60. The fourth-order valence-electron chi connectivity index (χ4n) is 5.00. The molecule has 6 heteroatoms. The molecule has 0 unspecified atom stereocenters. The Labute approximate surface area is 202 Å². The summed E-state index contributed by atoms with van der Waals surface area (Å²) >= 11 is 0. The molecule has 172 valence electrons. The number of fused-ring (bicyclic) bond motifs is 7. The van der Waals surface area contributed by atoms with Crippen LogP contribution in [0.5, 0.6) is 0 Å². The minimum Gasteiger partial charge on any atom is -0.456 e. The molecule has 4 aromatic carbocycles. The predicted molar refractivity (Wildman–Crippen MR) is 140 cm³/mol. The highest BCUT2D eigenvalue weighted by Gasteiger charge is 2.52. The van der Waals surface area contributed by atoms with Crippen molar-refractivity contribution in [1.82, 2.24) is 4.98 Å². The second kappa shape index (κ2) is 6.97. The Morgan fingerprint density at radius 2 is 1.40 bits per heavy atom. The zero-order chi connectivity index (χ0) is 23.9. The van der Waals surface area contributed by atoms with Gasteiger partial charge in [0.1, 0.15) is 16.7 Å². The van der Waals surface area contributed by atoms with E-state index < -0.39 is 18.3 Å². The van der Waals surface area contributed by atoms with Crippen molar-refractivity contribution >= 4 is 56.4 Å². The maximum absolute atomic E-state index is 6.48. The Morgan fingerprint density at radius 3 is 2.17 bits per heavy atom. The van der Waals surface area contributed by atoms with Crippen LogP contribution in [-0.2, 0) is 9.31 Å². The first kappa shape index (κ1) is 20.7. The highest BCUT2D eigenvalue weighted by molar-refractivity contribution is 6.66. The average Bonchev–Trinajstić information content (AvgIpc) is 3.50. The first-order chi connectivity index (χ1) is 16.8. The summed E-state index contributed by atoms with van der Waals surface area (Å²) in [5, 5.41) is 4.02. The number of aromatic nitrogens is 1. The van der Waals surface area contributed by atoms with E-state index in [4.69, 9.17) is 23.1 Å². The smallest absolute Gasteiger partial charge is 0.456 e. The quantitative estimate of drug-likeness (QED) is 0.264. The monoisotopic (exact) mass is 461 g/mol. The topological polar surface area (TPSA) is 57.6 Å². The van der Waals surface area contributed by atoms with E-state index in [-0.39, 0.29) is 0 Å². The SMILES string of the molecule is CC1(C)OB(c2cc3nc(-c4ccccc4)oc3c3c2ccc2oc4ccccc4c23)OC1(C)C. The summed E-state index contributed by atoms with van der Waals surface area (Å²) < 4.78 is 25.6.